The molecule has 1 aromatic rings. The van der Waals surface area contributed by atoms with Crippen LogP contribution in [-0.4, -0.2) is 57.1 Å². The van der Waals surface area contributed by atoms with E-state index in [1.807, 2.05) is 0 Å². The van der Waals surface area contributed by atoms with E-state index < -0.39 is 10.0 Å². The summed E-state index contributed by atoms with van der Waals surface area (Å²) < 4.78 is 25.5. The van der Waals surface area contributed by atoms with Crippen LogP contribution in [0.2, 0.25) is 0 Å². The molecule has 152 valence electrons. The molecular formula is C20H33N3O3S. The minimum Gasteiger partial charge on any atom is -0.372 e. The van der Waals surface area contributed by atoms with Gasteiger partial charge in [-0.15, -0.1) is 0 Å². The summed E-state index contributed by atoms with van der Waals surface area (Å²) in [6, 6.07) is 8.44. The minimum absolute atomic E-state index is 0.0235. The Labute approximate surface area is 164 Å². The smallest absolute Gasteiger partial charge is 0.224 e. The van der Waals surface area contributed by atoms with Crippen molar-refractivity contribution in [3.05, 3.63) is 29.8 Å². The molecule has 1 aromatic carbocycles. The third-order valence-corrected chi connectivity index (χ3v) is 7.01. The first kappa shape index (κ1) is 21.7. The van der Waals surface area contributed by atoms with Crippen LogP contribution in [0.15, 0.2) is 24.3 Å². The summed E-state index contributed by atoms with van der Waals surface area (Å²) in [5.74, 6) is -0.170. The zero-order chi connectivity index (χ0) is 19.9. The van der Waals surface area contributed by atoms with Gasteiger partial charge in [-0.2, -0.15) is 0 Å². The number of hydrogen-bond acceptors (Lipinski definition) is 4. The second kappa shape index (κ2) is 10.1. The quantitative estimate of drug-likeness (QED) is 0.652. The number of hydrogen-bond donors (Lipinski definition) is 1. The lowest BCUT2D eigenvalue weighted by Crippen LogP contribution is -2.46. The number of anilines is 1. The van der Waals surface area contributed by atoms with E-state index in [0.29, 0.717) is 19.6 Å². The molecule has 1 atom stereocenters. The van der Waals surface area contributed by atoms with Gasteiger partial charge < -0.3 is 10.2 Å². The summed E-state index contributed by atoms with van der Waals surface area (Å²) in [5.41, 5.74) is 2.44. The highest BCUT2D eigenvalue weighted by Crippen LogP contribution is 2.20. The highest BCUT2D eigenvalue weighted by atomic mass is 32.2. The van der Waals surface area contributed by atoms with Crippen molar-refractivity contribution in [2.75, 3.05) is 43.4 Å². The third kappa shape index (κ3) is 6.21. The zero-order valence-corrected chi connectivity index (χ0v) is 17.6. The van der Waals surface area contributed by atoms with Gasteiger partial charge in [0.05, 0.1) is 11.7 Å². The third-order valence-electron chi connectivity index (χ3n) is 5.17. The Hall–Kier alpha value is -1.60. The molecule has 0 bridgehead atoms. The lowest BCUT2D eigenvalue weighted by Gasteiger charge is -2.31. The number of sulfonamides is 1. The summed E-state index contributed by atoms with van der Waals surface area (Å²) >= 11 is 0. The maximum Gasteiger partial charge on any atom is 0.224 e. The molecule has 1 saturated heterocycles. The van der Waals surface area contributed by atoms with Gasteiger partial charge in [-0.1, -0.05) is 12.1 Å². The molecule has 1 aliphatic rings. The lowest BCUT2D eigenvalue weighted by atomic mass is 9.99. The number of carbonyl (C=O) groups excluding carboxylic acids is 1. The maximum absolute atomic E-state index is 12.4. The molecular weight excluding hydrogens is 362 g/mol. The first-order valence-corrected chi connectivity index (χ1v) is 11.6. The molecule has 7 heteroatoms. The highest BCUT2D eigenvalue weighted by molar-refractivity contribution is 7.89. The Morgan fingerprint density at radius 2 is 2.11 bits per heavy atom. The number of amides is 1. The van der Waals surface area contributed by atoms with Gasteiger partial charge in [-0.3, -0.25) is 4.79 Å². The van der Waals surface area contributed by atoms with Crippen molar-refractivity contribution < 1.29 is 13.2 Å². The molecule has 6 nitrogen and oxygen atoms in total. The minimum atomic E-state index is -3.22. The van der Waals surface area contributed by atoms with Gasteiger partial charge in [0.2, 0.25) is 15.9 Å². The predicted octanol–water partition coefficient (Wildman–Crippen LogP) is 2.39. The number of nitrogens with zero attached hydrogens (tertiary/aromatic N) is 2. The molecule has 27 heavy (non-hydrogen) atoms. The Balaban J connectivity index is 1.78. The van der Waals surface area contributed by atoms with Gasteiger partial charge in [0.1, 0.15) is 0 Å². The van der Waals surface area contributed by atoms with E-state index in [4.69, 9.17) is 0 Å². The van der Waals surface area contributed by atoms with Crippen LogP contribution in [0.1, 0.15) is 38.7 Å². The molecule has 2 rings (SSSR count). The van der Waals surface area contributed by atoms with Crippen molar-refractivity contribution >= 4 is 21.6 Å². The van der Waals surface area contributed by atoms with Crippen molar-refractivity contribution in [1.29, 1.82) is 0 Å². The molecule has 0 spiro atoms. The molecule has 1 heterocycles. The van der Waals surface area contributed by atoms with Gasteiger partial charge in [0, 0.05) is 38.4 Å². The molecule has 0 unspecified atom stereocenters. The number of rotatable bonds is 9. The van der Waals surface area contributed by atoms with Crippen LogP contribution in [0, 0.1) is 12.8 Å². The van der Waals surface area contributed by atoms with Crippen molar-refractivity contribution in [2.45, 2.75) is 40.0 Å². The highest BCUT2D eigenvalue weighted by Gasteiger charge is 2.31. The Bertz CT molecular complexity index is 721. The number of nitrogens with one attached hydrogen (secondary N) is 1. The fourth-order valence-corrected chi connectivity index (χ4v) is 4.69. The Morgan fingerprint density at radius 3 is 2.78 bits per heavy atom. The molecule has 0 radical (unpaired) electrons. The van der Waals surface area contributed by atoms with E-state index in [9.17, 15) is 13.2 Å². The van der Waals surface area contributed by atoms with Crippen LogP contribution in [0.25, 0.3) is 0 Å². The van der Waals surface area contributed by atoms with E-state index in [1.54, 1.807) is 6.92 Å². The first-order valence-electron chi connectivity index (χ1n) is 9.94. The zero-order valence-electron chi connectivity index (χ0n) is 16.8. The molecule has 1 aliphatic heterocycles. The number of piperidine rings is 1. The Morgan fingerprint density at radius 1 is 1.33 bits per heavy atom. The second-order valence-corrected chi connectivity index (χ2v) is 9.42. The molecule has 0 saturated carbocycles. The lowest BCUT2D eigenvalue weighted by molar-refractivity contribution is -0.126. The average molecular weight is 396 g/mol. The molecule has 1 fully saturated rings. The van der Waals surface area contributed by atoms with Crippen molar-refractivity contribution in [3.8, 4) is 0 Å². The Kier molecular flexibility index (Phi) is 8.10. The summed E-state index contributed by atoms with van der Waals surface area (Å²) in [4.78, 5) is 14.7. The van der Waals surface area contributed by atoms with Gasteiger partial charge in [0.25, 0.3) is 0 Å². The van der Waals surface area contributed by atoms with Crippen LogP contribution in [0.4, 0.5) is 5.69 Å². The summed E-state index contributed by atoms with van der Waals surface area (Å²) in [6.07, 6.45) is 2.36. The van der Waals surface area contributed by atoms with Crippen molar-refractivity contribution in [2.24, 2.45) is 5.92 Å². The predicted molar refractivity (Wildman–Crippen MR) is 110 cm³/mol. The summed E-state index contributed by atoms with van der Waals surface area (Å²) in [7, 11) is -3.22. The van der Waals surface area contributed by atoms with E-state index in [2.05, 4.69) is 48.3 Å². The van der Waals surface area contributed by atoms with Crippen LogP contribution >= 0.6 is 0 Å². The van der Waals surface area contributed by atoms with E-state index in [-0.39, 0.29) is 17.6 Å². The van der Waals surface area contributed by atoms with E-state index >= 15 is 0 Å². The standard InChI is InChI=1S/C20H33N3O3S/c1-4-22(19-11-6-9-17(3)15-19)13-8-12-21-20(24)18-10-7-14-23(16-18)27(25,26)5-2/h6,9,11,15,18H,4-5,7-8,10,12-14,16H2,1-3H3,(H,21,24)/t18-/m0/s1. The molecule has 1 amide bonds. The van der Waals surface area contributed by atoms with Gasteiger partial charge in [-0.25, -0.2) is 12.7 Å². The molecule has 1 N–H and O–H groups in total. The number of aryl methyl sites for hydroxylation is 1. The molecule has 0 aliphatic carbocycles. The largest absolute Gasteiger partial charge is 0.372 e. The van der Waals surface area contributed by atoms with Gasteiger partial charge in [-0.05, 0) is 57.7 Å². The topological polar surface area (TPSA) is 69.7 Å². The maximum atomic E-state index is 12.4. The van der Waals surface area contributed by atoms with Gasteiger partial charge >= 0.3 is 0 Å². The van der Waals surface area contributed by atoms with Crippen molar-refractivity contribution in [1.82, 2.24) is 9.62 Å². The summed E-state index contributed by atoms with van der Waals surface area (Å²) in [5, 5.41) is 3.00. The second-order valence-electron chi connectivity index (χ2n) is 7.16. The normalized spacial score (nSPS) is 18.3. The SMILES string of the molecule is CCN(CCCNC(=O)[C@H]1CCCN(S(=O)(=O)CC)C1)c1cccc(C)c1. The fourth-order valence-electron chi connectivity index (χ4n) is 3.51. The molecule has 0 aromatic heterocycles. The monoisotopic (exact) mass is 395 g/mol. The van der Waals surface area contributed by atoms with Crippen LogP contribution in [-0.2, 0) is 14.8 Å². The average Bonchev–Trinajstić information content (AvgIpc) is 2.68. The number of carbonyl (C=O) groups is 1. The fraction of sp³-hybridized carbons (Fsp3) is 0.650. The van der Waals surface area contributed by atoms with Crippen LogP contribution < -0.4 is 10.2 Å². The van der Waals surface area contributed by atoms with Crippen LogP contribution in [0.3, 0.4) is 0 Å². The number of benzene rings is 1. The van der Waals surface area contributed by atoms with Crippen LogP contribution in [0.5, 0.6) is 0 Å². The first-order chi connectivity index (χ1) is 12.9. The van der Waals surface area contributed by atoms with Gasteiger partial charge in [0.15, 0.2) is 0 Å². The summed E-state index contributed by atoms with van der Waals surface area (Å²) in [6.45, 7) is 9.11. The van der Waals surface area contributed by atoms with E-state index in [0.717, 1.165) is 32.4 Å². The van der Waals surface area contributed by atoms with Crippen molar-refractivity contribution in [3.63, 3.8) is 0 Å². The van der Waals surface area contributed by atoms with E-state index in [1.165, 1.54) is 15.6 Å².